The molecular weight excluding hydrogens is 317 g/mol. The number of rotatable bonds is 1. The van der Waals surface area contributed by atoms with Crippen molar-refractivity contribution in [1.29, 1.82) is 0 Å². The molecule has 1 heterocycles. The van der Waals surface area contributed by atoms with E-state index in [1.807, 2.05) is 0 Å². The molecule has 8 heteroatoms. The molecule has 0 atom stereocenters. The van der Waals surface area contributed by atoms with Crippen LogP contribution >= 0.6 is 0 Å². The molecule has 0 saturated carbocycles. The van der Waals surface area contributed by atoms with E-state index in [0.29, 0.717) is 0 Å². The minimum absolute atomic E-state index is 0.00859. The van der Waals surface area contributed by atoms with Crippen LogP contribution in [0, 0.1) is 0 Å². The van der Waals surface area contributed by atoms with Gasteiger partial charge in [-0.3, -0.25) is 0 Å². The first-order valence-electron chi connectivity index (χ1n) is 6.16. The smallest absolute Gasteiger partial charge is 0.338 e. The van der Waals surface area contributed by atoms with Crippen molar-refractivity contribution in [3.63, 3.8) is 0 Å². The van der Waals surface area contributed by atoms with Crippen LogP contribution in [0.2, 0.25) is 0 Å². The minimum atomic E-state index is -4.51. The van der Waals surface area contributed by atoms with Crippen molar-refractivity contribution in [1.82, 2.24) is 0 Å². The van der Waals surface area contributed by atoms with Gasteiger partial charge in [-0.2, -0.15) is 21.6 Å². The van der Waals surface area contributed by atoms with Gasteiger partial charge in [-0.15, -0.1) is 4.40 Å². The number of nitrogens with zero attached hydrogens (tertiary/aromatic N) is 1. The molecule has 0 radical (unpaired) electrons. The van der Waals surface area contributed by atoms with Gasteiger partial charge in [0, 0.05) is 5.56 Å². The molecule has 114 valence electrons. The number of hydrogen-bond acceptors (Lipinski definition) is 3. The topological polar surface area (TPSA) is 58.5 Å². The fourth-order valence-corrected chi connectivity index (χ4v) is 3.22. The molecule has 1 N–H and O–H groups in total. The van der Waals surface area contributed by atoms with Crippen molar-refractivity contribution >= 4 is 21.5 Å². The summed E-state index contributed by atoms with van der Waals surface area (Å²) < 4.78 is 66.0. The number of alkyl halides is 3. The molecule has 3 rings (SSSR count). The third-order valence-electron chi connectivity index (χ3n) is 3.09. The zero-order chi connectivity index (χ0) is 16.0. The maximum absolute atomic E-state index is 12.7. The summed E-state index contributed by atoms with van der Waals surface area (Å²) in [5.74, 6) is -0.134. The third-order valence-corrected chi connectivity index (χ3v) is 4.43. The number of anilines is 1. The van der Waals surface area contributed by atoms with Gasteiger partial charge in [0.25, 0.3) is 10.0 Å². The van der Waals surface area contributed by atoms with E-state index in [2.05, 4.69) is 9.71 Å². The van der Waals surface area contributed by atoms with E-state index in [0.717, 1.165) is 12.1 Å². The Labute approximate surface area is 124 Å². The predicted molar refractivity (Wildman–Crippen MR) is 75.2 cm³/mol. The second-order valence-corrected chi connectivity index (χ2v) is 6.19. The van der Waals surface area contributed by atoms with Crippen molar-refractivity contribution in [2.45, 2.75) is 11.1 Å². The van der Waals surface area contributed by atoms with Crippen LogP contribution < -0.4 is 5.32 Å². The summed E-state index contributed by atoms with van der Waals surface area (Å²) in [5, 5.41) is 2.75. The molecule has 2 aromatic carbocycles. The van der Waals surface area contributed by atoms with Crippen molar-refractivity contribution in [3.05, 3.63) is 59.7 Å². The van der Waals surface area contributed by atoms with Gasteiger partial charge in [0.2, 0.25) is 0 Å². The summed E-state index contributed by atoms with van der Waals surface area (Å²) in [4.78, 5) is -0.00859. The molecule has 0 amide bonds. The first kappa shape index (κ1) is 14.6. The molecule has 4 nitrogen and oxygen atoms in total. The molecule has 2 aromatic rings. The van der Waals surface area contributed by atoms with E-state index < -0.39 is 21.8 Å². The normalized spacial score (nSPS) is 16.4. The van der Waals surface area contributed by atoms with Crippen LogP contribution in [0.5, 0.6) is 0 Å². The van der Waals surface area contributed by atoms with Crippen LogP contribution in [0.25, 0.3) is 0 Å². The van der Waals surface area contributed by atoms with Crippen LogP contribution in [0.1, 0.15) is 11.1 Å². The minimum Gasteiger partial charge on any atom is -0.338 e. The highest BCUT2D eigenvalue weighted by atomic mass is 32.2. The largest absolute Gasteiger partial charge is 0.416 e. The molecule has 0 bridgehead atoms. The highest BCUT2D eigenvalue weighted by Crippen LogP contribution is 2.31. The predicted octanol–water partition coefficient (Wildman–Crippen LogP) is 3.27. The summed E-state index contributed by atoms with van der Waals surface area (Å²) in [6.45, 7) is 0. The Morgan fingerprint density at radius 1 is 1.00 bits per heavy atom. The van der Waals surface area contributed by atoms with Crippen LogP contribution in [0.4, 0.5) is 18.9 Å². The highest BCUT2D eigenvalue weighted by molar-refractivity contribution is 7.90. The van der Waals surface area contributed by atoms with Crippen LogP contribution in [0.15, 0.2) is 57.8 Å². The van der Waals surface area contributed by atoms with Gasteiger partial charge < -0.3 is 5.32 Å². The lowest BCUT2D eigenvalue weighted by Gasteiger charge is -2.18. The SMILES string of the molecule is O=S1(=O)N=C(c2cccc(C(F)(F)F)c2)Nc2ccccc21. The van der Waals surface area contributed by atoms with E-state index in [9.17, 15) is 21.6 Å². The van der Waals surface area contributed by atoms with Gasteiger partial charge in [0.15, 0.2) is 5.84 Å². The first-order valence-corrected chi connectivity index (χ1v) is 7.60. The average molecular weight is 326 g/mol. The zero-order valence-corrected chi connectivity index (χ0v) is 11.7. The number of fused-ring (bicyclic) bond motifs is 1. The van der Waals surface area contributed by atoms with E-state index in [4.69, 9.17) is 0 Å². The fraction of sp³-hybridized carbons (Fsp3) is 0.0714. The third kappa shape index (κ3) is 2.57. The van der Waals surface area contributed by atoms with Crippen LogP contribution in [0.3, 0.4) is 0 Å². The van der Waals surface area contributed by atoms with Crippen molar-refractivity contribution in [3.8, 4) is 0 Å². The number of sulfonamides is 1. The lowest BCUT2D eigenvalue weighted by atomic mass is 10.1. The lowest BCUT2D eigenvalue weighted by Crippen LogP contribution is -2.22. The average Bonchev–Trinajstić information content (AvgIpc) is 2.46. The second-order valence-electron chi connectivity index (χ2n) is 4.61. The van der Waals surface area contributed by atoms with Gasteiger partial charge in [-0.1, -0.05) is 24.3 Å². The molecule has 22 heavy (non-hydrogen) atoms. The van der Waals surface area contributed by atoms with Crippen LogP contribution in [-0.2, 0) is 16.2 Å². The number of para-hydroxylation sites is 1. The maximum Gasteiger partial charge on any atom is 0.416 e. The molecule has 1 aliphatic heterocycles. The molecule has 1 aliphatic rings. The first-order chi connectivity index (χ1) is 10.3. The Hall–Kier alpha value is -2.35. The molecule has 0 unspecified atom stereocenters. The summed E-state index contributed by atoms with van der Waals surface area (Å²) >= 11 is 0. The Balaban J connectivity index is 2.10. The zero-order valence-electron chi connectivity index (χ0n) is 10.9. The van der Waals surface area contributed by atoms with Gasteiger partial charge >= 0.3 is 6.18 Å². The fourth-order valence-electron chi connectivity index (χ4n) is 2.08. The summed E-state index contributed by atoms with van der Waals surface area (Å²) in [7, 11) is -3.94. The maximum atomic E-state index is 12.7. The van der Waals surface area contributed by atoms with Gasteiger partial charge in [0.05, 0.1) is 11.3 Å². The Morgan fingerprint density at radius 3 is 2.45 bits per heavy atom. The van der Waals surface area contributed by atoms with E-state index >= 15 is 0 Å². The van der Waals surface area contributed by atoms with E-state index in [1.54, 1.807) is 12.1 Å². The standard InChI is InChI=1S/C14H9F3N2O2S/c15-14(16,17)10-5-3-4-9(8-10)13-18-11-6-1-2-7-12(11)22(20,21)19-13/h1-8H,(H,18,19). The quantitative estimate of drug-likeness (QED) is 0.875. The summed E-state index contributed by atoms with van der Waals surface area (Å²) in [6, 6.07) is 10.4. The van der Waals surface area contributed by atoms with Crippen molar-refractivity contribution < 1.29 is 21.6 Å². The molecular formula is C14H9F3N2O2S. The van der Waals surface area contributed by atoms with Crippen molar-refractivity contribution in [2.24, 2.45) is 4.40 Å². The molecule has 0 saturated heterocycles. The van der Waals surface area contributed by atoms with E-state index in [1.165, 1.54) is 24.3 Å². The monoisotopic (exact) mass is 326 g/mol. The number of hydrogen-bond donors (Lipinski definition) is 1. The highest BCUT2D eigenvalue weighted by Gasteiger charge is 2.31. The molecule has 0 spiro atoms. The molecule has 0 fully saturated rings. The number of nitrogens with one attached hydrogen (secondary N) is 1. The van der Waals surface area contributed by atoms with Gasteiger partial charge in [-0.05, 0) is 24.3 Å². The summed E-state index contributed by atoms with van der Waals surface area (Å²) in [5.41, 5.74) is -0.538. The molecule has 0 aliphatic carbocycles. The second kappa shape index (κ2) is 4.84. The molecule has 0 aromatic heterocycles. The van der Waals surface area contributed by atoms with Crippen LogP contribution in [-0.4, -0.2) is 14.3 Å². The summed E-state index contributed by atoms with van der Waals surface area (Å²) in [6.07, 6.45) is -4.51. The number of benzene rings is 2. The Kier molecular flexibility index (Phi) is 3.21. The number of amidine groups is 1. The van der Waals surface area contributed by atoms with Gasteiger partial charge in [0.1, 0.15) is 4.90 Å². The van der Waals surface area contributed by atoms with Crippen molar-refractivity contribution in [2.75, 3.05) is 5.32 Å². The Morgan fingerprint density at radius 2 is 1.73 bits per heavy atom. The number of halogens is 3. The lowest BCUT2D eigenvalue weighted by molar-refractivity contribution is -0.137. The Bertz CT molecular complexity index is 874. The van der Waals surface area contributed by atoms with Gasteiger partial charge in [-0.25, -0.2) is 0 Å². The van der Waals surface area contributed by atoms with E-state index in [-0.39, 0.29) is 22.0 Å².